The van der Waals surface area contributed by atoms with Crippen molar-refractivity contribution in [2.24, 2.45) is 0 Å². The molecule has 0 atom stereocenters. The molecule has 0 fully saturated rings. The number of rotatable bonds is 7. The van der Waals surface area contributed by atoms with Crippen LogP contribution in [0, 0.1) is 0 Å². The van der Waals surface area contributed by atoms with Gasteiger partial charge in [0.05, 0.1) is 5.69 Å². The minimum absolute atomic E-state index is 0.00930. The SMILES string of the molecule is CC(C)c1ccccc1-c1c(NC(=O)Nc2ccc(-c3ncn(-c4ccc(OC(F)(F)F)cc4)n3)cc2)o[nH]c1=O. The lowest BCUT2D eigenvalue weighted by atomic mass is 9.94. The van der Waals surface area contributed by atoms with E-state index in [9.17, 15) is 22.8 Å². The molecule has 0 saturated heterocycles. The lowest BCUT2D eigenvalue weighted by molar-refractivity contribution is -0.274. The largest absolute Gasteiger partial charge is 0.573 e. The summed E-state index contributed by atoms with van der Waals surface area (Å²) in [6.07, 6.45) is -3.35. The first kappa shape index (κ1) is 27.2. The van der Waals surface area contributed by atoms with Crippen LogP contribution in [0.1, 0.15) is 25.3 Å². The molecule has 0 aliphatic heterocycles. The Labute approximate surface area is 230 Å². The summed E-state index contributed by atoms with van der Waals surface area (Å²) >= 11 is 0. The number of hydrogen-bond donors (Lipinski definition) is 3. The molecule has 2 heterocycles. The van der Waals surface area contributed by atoms with Crippen LogP contribution in [0.15, 0.2) is 88.4 Å². The monoisotopic (exact) mass is 564 g/mol. The number of aromatic nitrogens is 4. The summed E-state index contributed by atoms with van der Waals surface area (Å²) in [5, 5.41) is 11.9. The van der Waals surface area contributed by atoms with Crippen molar-refractivity contribution in [1.29, 1.82) is 0 Å². The number of anilines is 2. The molecule has 2 aromatic heterocycles. The number of urea groups is 1. The third-order valence-corrected chi connectivity index (χ3v) is 6.01. The lowest BCUT2D eigenvalue weighted by Crippen LogP contribution is -2.20. The molecular formula is C28H23F3N6O4. The van der Waals surface area contributed by atoms with Gasteiger partial charge in [-0.15, -0.1) is 18.3 Å². The molecule has 0 bridgehead atoms. The summed E-state index contributed by atoms with van der Waals surface area (Å²) in [5.74, 6) is 0.146. The number of ether oxygens (including phenoxy) is 1. The number of carbonyl (C=O) groups excluding carboxylic acids is 1. The zero-order valence-electron chi connectivity index (χ0n) is 21.7. The van der Waals surface area contributed by atoms with Gasteiger partial charge in [0.15, 0.2) is 5.82 Å². The molecule has 0 aliphatic carbocycles. The second kappa shape index (κ2) is 11.0. The molecule has 0 saturated carbocycles. The number of hydrogen-bond acceptors (Lipinski definition) is 6. The van der Waals surface area contributed by atoms with Crippen LogP contribution in [0.25, 0.3) is 28.2 Å². The van der Waals surface area contributed by atoms with Gasteiger partial charge in [-0.2, -0.15) is 5.16 Å². The van der Waals surface area contributed by atoms with Crippen molar-refractivity contribution in [1.82, 2.24) is 19.9 Å². The third kappa shape index (κ3) is 6.30. The summed E-state index contributed by atoms with van der Waals surface area (Å²) < 4.78 is 47.7. The second-order valence-electron chi connectivity index (χ2n) is 9.19. The van der Waals surface area contributed by atoms with Crippen LogP contribution in [0.5, 0.6) is 5.75 Å². The average Bonchev–Trinajstić information content (AvgIpc) is 3.56. The van der Waals surface area contributed by atoms with Crippen LogP contribution in [0.2, 0.25) is 0 Å². The van der Waals surface area contributed by atoms with Crippen molar-refractivity contribution in [3.05, 3.63) is 95.0 Å². The first-order chi connectivity index (χ1) is 19.6. The number of benzene rings is 3. The molecule has 13 heteroatoms. The molecule has 41 heavy (non-hydrogen) atoms. The van der Waals surface area contributed by atoms with Gasteiger partial charge in [-0.1, -0.05) is 38.1 Å². The Hall–Kier alpha value is -5.33. The molecule has 3 aromatic carbocycles. The lowest BCUT2D eigenvalue weighted by Gasteiger charge is -2.12. The Morgan fingerprint density at radius 1 is 1.00 bits per heavy atom. The van der Waals surface area contributed by atoms with Gasteiger partial charge in [-0.05, 0) is 65.6 Å². The Bertz CT molecular complexity index is 1720. The number of alkyl halides is 3. The van der Waals surface area contributed by atoms with Gasteiger partial charge in [0.1, 0.15) is 17.6 Å². The summed E-state index contributed by atoms with van der Waals surface area (Å²) in [5.41, 5.74) is 2.93. The van der Waals surface area contributed by atoms with Gasteiger partial charge in [-0.25, -0.2) is 14.5 Å². The number of H-pyrrole nitrogens is 1. The summed E-state index contributed by atoms with van der Waals surface area (Å²) in [4.78, 5) is 29.5. The molecule has 210 valence electrons. The van der Waals surface area contributed by atoms with Crippen molar-refractivity contribution in [3.8, 4) is 34.0 Å². The molecule has 3 N–H and O–H groups in total. The fourth-order valence-corrected chi connectivity index (χ4v) is 4.15. The van der Waals surface area contributed by atoms with Gasteiger partial charge >= 0.3 is 12.4 Å². The number of amides is 2. The maximum Gasteiger partial charge on any atom is 0.573 e. The fraction of sp³-hybridized carbons (Fsp3) is 0.143. The third-order valence-electron chi connectivity index (χ3n) is 6.01. The van der Waals surface area contributed by atoms with Gasteiger partial charge in [0, 0.05) is 11.3 Å². The van der Waals surface area contributed by atoms with Gasteiger partial charge in [0.25, 0.3) is 5.56 Å². The van der Waals surface area contributed by atoms with Crippen molar-refractivity contribution in [2.75, 3.05) is 10.6 Å². The van der Waals surface area contributed by atoms with Crippen molar-refractivity contribution in [3.63, 3.8) is 0 Å². The molecule has 5 rings (SSSR count). The molecular weight excluding hydrogens is 541 g/mol. The Morgan fingerprint density at radius 3 is 2.39 bits per heavy atom. The average molecular weight is 565 g/mol. The highest BCUT2D eigenvalue weighted by Gasteiger charge is 2.31. The van der Waals surface area contributed by atoms with Crippen LogP contribution in [-0.4, -0.2) is 32.3 Å². The van der Waals surface area contributed by atoms with Crippen molar-refractivity contribution in [2.45, 2.75) is 26.1 Å². The Balaban J connectivity index is 1.26. The second-order valence-corrected chi connectivity index (χ2v) is 9.19. The van der Waals surface area contributed by atoms with E-state index in [0.29, 0.717) is 28.3 Å². The van der Waals surface area contributed by atoms with Crippen LogP contribution in [0.3, 0.4) is 0 Å². The smallest absolute Gasteiger partial charge is 0.406 e. The first-order valence-corrected chi connectivity index (χ1v) is 12.3. The van der Waals surface area contributed by atoms with Gasteiger partial charge in [0.2, 0.25) is 5.88 Å². The topological polar surface area (TPSA) is 127 Å². The van der Waals surface area contributed by atoms with Crippen molar-refractivity contribution >= 4 is 17.6 Å². The van der Waals surface area contributed by atoms with E-state index in [1.165, 1.54) is 35.3 Å². The van der Waals surface area contributed by atoms with E-state index in [4.69, 9.17) is 4.52 Å². The van der Waals surface area contributed by atoms with E-state index >= 15 is 0 Å². The zero-order chi connectivity index (χ0) is 29.1. The minimum atomic E-state index is -4.77. The highest BCUT2D eigenvalue weighted by atomic mass is 19.4. The number of nitrogens with one attached hydrogen (secondary N) is 3. The molecule has 0 aliphatic rings. The standard InChI is InChI=1S/C28H23F3N6O4/c1-16(2)21-5-3-4-6-22(21)23-25(38)36-41-26(23)34-27(39)33-18-9-7-17(8-10-18)24-32-15-37(35-24)19-11-13-20(14-12-19)40-28(29,30)31/h3-16H,1-2H3,(H,36,38)(H2,33,34,39). The van der Waals surface area contributed by atoms with E-state index in [-0.39, 0.29) is 23.1 Å². The number of halogens is 3. The minimum Gasteiger partial charge on any atom is -0.406 e. The Kier molecular flexibility index (Phi) is 7.34. The van der Waals surface area contributed by atoms with Crippen LogP contribution >= 0.6 is 0 Å². The quantitative estimate of drug-likeness (QED) is 0.206. The predicted molar refractivity (Wildman–Crippen MR) is 145 cm³/mol. The maximum atomic E-state index is 12.7. The maximum absolute atomic E-state index is 12.7. The fourth-order valence-electron chi connectivity index (χ4n) is 4.15. The number of nitrogens with zero attached hydrogens (tertiary/aromatic N) is 3. The van der Waals surface area contributed by atoms with E-state index in [0.717, 1.165) is 5.56 Å². The molecule has 5 aromatic rings. The summed E-state index contributed by atoms with van der Waals surface area (Å²) in [6, 6.07) is 18.6. The van der Waals surface area contributed by atoms with Gasteiger partial charge < -0.3 is 14.6 Å². The van der Waals surface area contributed by atoms with Gasteiger partial charge in [-0.3, -0.25) is 10.1 Å². The highest BCUT2D eigenvalue weighted by molar-refractivity contribution is 6.01. The van der Waals surface area contributed by atoms with Crippen molar-refractivity contribution < 1.29 is 27.2 Å². The molecule has 10 nitrogen and oxygen atoms in total. The number of carbonyl (C=O) groups is 1. The number of aromatic amines is 1. The van der Waals surface area contributed by atoms with Crippen LogP contribution < -0.4 is 20.9 Å². The predicted octanol–water partition coefficient (Wildman–Crippen LogP) is 6.55. The summed E-state index contributed by atoms with van der Waals surface area (Å²) in [7, 11) is 0. The molecule has 0 unspecified atom stereocenters. The molecule has 2 amide bonds. The Morgan fingerprint density at radius 2 is 1.71 bits per heavy atom. The highest BCUT2D eigenvalue weighted by Crippen LogP contribution is 2.32. The zero-order valence-corrected chi connectivity index (χ0v) is 21.7. The summed E-state index contributed by atoms with van der Waals surface area (Å²) in [6.45, 7) is 4.01. The first-order valence-electron chi connectivity index (χ1n) is 12.3. The van der Waals surface area contributed by atoms with Crippen LogP contribution in [-0.2, 0) is 0 Å². The molecule has 0 radical (unpaired) electrons. The van der Waals surface area contributed by atoms with E-state index in [1.54, 1.807) is 36.4 Å². The van der Waals surface area contributed by atoms with E-state index in [2.05, 4.69) is 30.6 Å². The van der Waals surface area contributed by atoms with Crippen LogP contribution in [0.4, 0.5) is 29.5 Å². The van der Waals surface area contributed by atoms with E-state index in [1.807, 2.05) is 26.0 Å². The van der Waals surface area contributed by atoms with E-state index < -0.39 is 18.0 Å². The molecule has 0 spiro atoms. The normalized spacial score (nSPS) is 11.5.